The molecule has 1 unspecified atom stereocenters. The van der Waals surface area contributed by atoms with Gasteiger partial charge in [-0.25, -0.2) is 0 Å². The van der Waals surface area contributed by atoms with Crippen molar-refractivity contribution in [3.63, 3.8) is 0 Å². The summed E-state index contributed by atoms with van der Waals surface area (Å²) in [6.07, 6.45) is 9.19. The van der Waals surface area contributed by atoms with Gasteiger partial charge < -0.3 is 4.74 Å². The summed E-state index contributed by atoms with van der Waals surface area (Å²) in [5.74, 6) is 0.552. The molecule has 0 saturated heterocycles. The van der Waals surface area contributed by atoms with Crippen molar-refractivity contribution < 1.29 is 9.53 Å². The molecule has 0 spiro atoms. The first-order chi connectivity index (χ1) is 8.85. The summed E-state index contributed by atoms with van der Waals surface area (Å²) >= 11 is 0. The topological polar surface area (TPSA) is 26.3 Å². The molecule has 0 heterocycles. The molecule has 1 saturated carbocycles. The minimum Gasteiger partial charge on any atom is -0.459 e. The normalized spacial score (nSPS) is 20.3. The molecule has 1 aliphatic carbocycles. The number of unbranched alkanes of at least 4 members (excludes halogenated alkanes) is 1. The van der Waals surface area contributed by atoms with Crippen molar-refractivity contribution in [2.24, 2.45) is 11.3 Å². The van der Waals surface area contributed by atoms with E-state index in [2.05, 4.69) is 20.8 Å². The highest BCUT2D eigenvalue weighted by Crippen LogP contribution is 2.40. The van der Waals surface area contributed by atoms with Gasteiger partial charge in [-0.3, -0.25) is 4.79 Å². The molecule has 19 heavy (non-hydrogen) atoms. The maximum Gasteiger partial charge on any atom is 0.312 e. The van der Waals surface area contributed by atoms with E-state index in [9.17, 15) is 4.79 Å². The second-order valence-corrected chi connectivity index (χ2v) is 7.02. The van der Waals surface area contributed by atoms with Gasteiger partial charge in [-0.15, -0.1) is 0 Å². The van der Waals surface area contributed by atoms with E-state index in [1.54, 1.807) is 0 Å². The van der Waals surface area contributed by atoms with Gasteiger partial charge in [0, 0.05) is 0 Å². The first kappa shape index (κ1) is 16.5. The highest BCUT2D eigenvalue weighted by atomic mass is 16.6. The largest absolute Gasteiger partial charge is 0.459 e. The number of hydrogen-bond acceptors (Lipinski definition) is 2. The van der Waals surface area contributed by atoms with Gasteiger partial charge in [0.15, 0.2) is 0 Å². The Kier molecular flexibility index (Phi) is 5.88. The van der Waals surface area contributed by atoms with Crippen LogP contribution in [0.1, 0.15) is 86.0 Å². The molecule has 1 rings (SSSR count). The highest BCUT2D eigenvalue weighted by molar-refractivity contribution is 5.76. The lowest BCUT2D eigenvalue weighted by Crippen LogP contribution is -2.42. The van der Waals surface area contributed by atoms with Crippen LogP contribution in [-0.4, -0.2) is 11.6 Å². The van der Waals surface area contributed by atoms with Crippen LogP contribution in [0.15, 0.2) is 0 Å². The Bertz CT molecular complexity index is 290. The monoisotopic (exact) mass is 268 g/mol. The molecular weight excluding hydrogens is 236 g/mol. The summed E-state index contributed by atoms with van der Waals surface area (Å²) in [7, 11) is 0. The fourth-order valence-corrected chi connectivity index (χ4v) is 2.90. The van der Waals surface area contributed by atoms with Crippen molar-refractivity contribution in [3.05, 3.63) is 0 Å². The van der Waals surface area contributed by atoms with Crippen molar-refractivity contribution in [1.29, 1.82) is 0 Å². The molecule has 112 valence electrons. The summed E-state index contributed by atoms with van der Waals surface area (Å²) in [6.45, 7) is 10.4. The molecule has 1 aliphatic rings. The molecule has 0 radical (unpaired) electrons. The van der Waals surface area contributed by atoms with Crippen LogP contribution in [-0.2, 0) is 9.53 Å². The van der Waals surface area contributed by atoms with Gasteiger partial charge in [0.2, 0.25) is 0 Å². The molecule has 0 bridgehead atoms. The Morgan fingerprint density at radius 3 is 2.21 bits per heavy atom. The van der Waals surface area contributed by atoms with Crippen LogP contribution in [0, 0.1) is 11.3 Å². The fraction of sp³-hybridized carbons (Fsp3) is 0.941. The Hall–Kier alpha value is -0.530. The number of rotatable bonds is 7. The molecule has 2 heteroatoms. The molecule has 0 amide bonds. The molecular formula is C17H32O2. The smallest absolute Gasteiger partial charge is 0.312 e. The first-order valence-electron chi connectivity index (χ1n) is 8.09. The Morgan fingerprint density at radius 1 is 1.16 bits per heavy atom. The predicted octanol–water partition coefficient (Wildman–Crippen LogP) is 5.10. The Morgan fingerprint density at radius 2 is 1.74 bits per heavy atom. The van der Waals surface area contributed by atoms with E-state index in [1.807, 2.05) is 13.8 Å². The lowest BCUT2D eigenvalue weighted by molar-refractivity contribution is -0.176. The van der Waals surface area contributed by atoms with Crippen LogP contribution in [0.4, 0.5) is 0 Å². The number of ether oxygens (including phenoxy) is 1. The van der Waals surface area contributed by atoms with Crippen molar-refractivity contribution in [1.82, 2.24) is 0 Å². The maximum atomic E-state index is 12.4. The van der Waals surface area contributed by atoms with E-state index in [0.717, 1.165) is 25.7 Å². The lowest BCUT2D eigenvalue weighted by atomic mass is 9.82. The molecule has 0 aromatic heterocycles. The van der Waals surface area contributed by atoms with E-state index in [4.69, 9.17) is 4.74 Å². The third-order valence-corrected chi connectivity index (χ3v) is 5.01. The first-order valence-corrected chi connectivity index (χ1v) is 8.09. The zero-order chi connectivity index (χ0) is 14.5. The van der Waals surface area contributed by atoms with E-state index < -0.39 is 0 Å². The van der Waals surface area contributed by atoms with E-state index in [-0.39, 0.29) is 17.0 Å². The van der Waals surface area contributed by atoms with Crippen LogP contribution in [0.25, 0.3) is 0 Å². The van der Waals surface area contributed by atoms with Crippen LogP contribution in [0.2, 0.25) is 0 Å². The minimum absolute atomic E-state index is 0.0134. The zero-order valence-corrected chi connectivity index (χ0v) is 13.6. The molecule has 0 aliphatic heterocycles. The number of carbonyl (C=O) groups excluding carboxylic acids is 1. The van der Waals surface area contributed by atoms with Crippen molar-refractivity contribution >= 4 is 5.97 Å². The minimum atomic E-state index is -0.355. The average molecular weight is 268 g/mol. The Balaban J connectivity index is 2.76. The summed E-state index contributed by atoms with van der Waals surface area (Å²) in [5, 5.41) is 0. The van der Waals surface area contributed by atoms with E-state index in [1.165, 1.54) is 25.7 Å². The number of carbonyl (C=O) groups is 1. The van der Waals surface area contributed by atoms with Crippen molar-refractivity contribution in [3.8, 4) is 0 Å². The lowest BCUT2D eigenvalue weighted by Gasteiger charge is -2.38. The van der Waals surface area contributed by atoms with Crippen LogP contribution < -0.4 is 0 Å². The van der Waals surface area contributed by atoms with Crippen molar-refractivity contribution in [2.45, 2.75) is 91.6 Å². The van der Waals surface area contributed by atoms with Crippen LogP contribution >= 0.6 is 0 Å². The third kappa shape index (κ3) is 4.22. The summed E-state index contributed by atoms with van der Waals surface area (Å²) in [5.41, 5.74) is -0.595. The van der Waals surface area contributed by atoms with Gasteiger partial charge in [0.1, 0.15) is 5.60 Å². The predicted molar refractivity (Wildman–Crippen MR) is 80.1 cm³/mol. The van der Waals surface area contributed by atoms with E-state index >= 15 is 0 Å². The summed E-state index contributed by atoms with van der Waals surface area (Å²) in [4.78, 5) is 12.4. The summed E-state index contributed by atoms with van der Waals surface area (Å²) < 4.78 is 6.04. The standard InChI is InChI=1S/C17H32O2/c1-6-8-13-17(5,14-11-9-10-12-14)19-15(18)16(3,4)7-2/h14H,6-13H2,1-5H3. The van der Waals surface area contributed by atoms with Gasteiger partial charge in [0.05, 0.1) is 5.41 Å². The number of hydrogen-bond donors (Lipinski definition) is 0. The molecule has 1 atom stereocenters. The van der Waals surface area contributed by atoms with Crippen LogP contribution in [0.3, 0.4) is 0 Å². The second kappa shape index (κ2) is 6.76. The quantitative estimate of drug-likeness (QED) is 0.600. The second-order valence-electron chi connectivity index (χ2n) is 7.02. The van der Waals surface area contributed by atoms with E-state index in [0.29, 0.717) is 5.92 Å². The molecule has 1 fully saturated rings. The van der Waals surface area contributed by atoms with Gasteiger partial charge in [0.25, 0.3) is 0 Å². The molecule has 0 aromatic rings. The fourth-order valence-electron chi connectivity index (χ4n) is 2.90. The maximum absolute atomic E-state index is 12.4. The highest BCUT2D eigenvalue weighted by Gasteiger charge is 2.41. The third-order valence-electron chi connectivity index (χ3n) is 5.01. The molecule has 0 N–H and O–H groups in total. The van der Waals surface area contributed by atoms with Gasteiger partial charge >= 0.3 is 5.97 Å². The molecule has 0 aromatic carbocycles. The number of esters is 1. The van der Waals surface area contributed by atoms with Gasteiger partial charge in [-0.05, 0) is 58.8 Å². The Labute approximate surface area is 119 Å². The van der Waals surface area contributed by atoms with Gasteiger partial charge in [-0.2, -0.15) is 0 Å². The van der Waals surface area contributed by atoms with Crippen molar-refractivity contribution in [2.75, 3.05) is 0 Å². The van der Waals surface area contributed by atoms with Crippen LogP contribution in [0.5, 0.6) is 0 Å². The summed E-state index contributed by atoms with van der Waals surface area (Å²) in [6, 6.07) is 0. The zero-order valence-electron chi connectivity index (χ0n) is 13.6. The average Bonchev–Trinajstić information content (AvgIpc) is 2.90. The molecule has 2 nitrogen and oxygen atoms in total. The van der Waals surface area contributed by atoms with Gasteiger partial charge in [-0.1, -0.05) is 33.1 Å². The SMILES string of the molecule is CCCCC(C)(OC(=O)C(C)(C)CC)C1CCCC1.